The molecule has 0 radical (unpaired) electrons. The van der Waals surface area contributed by atoms with Crippen LogP contribution in [0.1, 0.15) is 0 Å². The first-order valence-electron chi connectivity index (χ1n) is 9.84. The van der Waals surface area contributed by atoms with Crippen LogP contribution in [0.4, 0.5) is 0 Å². The molecule has 0 aliphatic heterocycles. The van der Waals surface area contributed by atoms with Crippen molar-refractivity contribution in [2.45, 2.75) is 0 Å². The number of carbonyl (C=O) groups is 2. The lowest BCUT2D eigenvalue weighted by atomic mass is 10.4. The smallest absolute Gasteiger partial charge is 0.234 e. The molecule has 0 aliphatic carbocycles. The molecule has 176 valence electrons. The van der Waals surface area contributed by atoms with Gasteiger partial charge >= 0.3 is 0 Å². The van der Waals surface area contributed by atoms with E-state index in [2.05, 4.69) is 30.7 Å². The van der Waals surface area contributed by atoms with Crippen molar-refractivity contribution in [3.63, 3.8) is 0 Å². The Hall–Kier alpha value is -2.64. The lowest BCUT2D eigenvalue weighted by molar-refractivity contribution is -0.125. The average molecular weight is 444 g/mol. The number of hydrogen-bond acceptors (Lipinski definition) is 9. The fourth-order valence-electron chi connectivity index (χ4n) is 2.13. The molecule has 0 rings (SSSR count). The SMILES string of the molecule is [N-]=[N+]=NCCNC(=O)CN(CCOCCOCCOCCN)CC(=O)NCCN=[N+]=[N-]. The molecule has 0 heterocycles. The molecular formula is C16H32N10O5. The van der Waals surface area contributed by atoms with Gasteiger partial charge in [0.25, 0.3) is 0 Å². The molecule has 4 N–H and O–H groups in total. The summed E-state index contributed by atoms with van der Waals surface area (Å²) in [4.78, 5) is 30.9. The highest BCUT2D eigenvalue weighted by atomic mass is 16.5. The van der Waals surface area contributed by atoms with Crippen molar-refractivity contribution in [1.29, 1.82) is 0 Å². The Morgan fingerprint density at radius 3 is 1.71 bits per heavy atom. The van der Waals surface area contributed by atoms with Gasteiger partial charge in [0.2, 0.25) is 11.8 Å². The quantitative estimate of drug-likeness (QED) is 0.0881. The first-order valence-corrected chi connectivity index (χ1v) is 9.84. The zero-order valence-electron chi connectivity index (χ0n) is 17.6. The predicted octanol–water partition coefficient (Wildman–Crippen LogP) is -0.850. The van der Waals surface area contributed by atoms with Crippen LogP contribution in [-0.2, 0) is 23.8 Å². The van der Waals surface area contributed by atoms with E-state index in [9.17, 15) is 9.59 Å². The number of rotatable bonds is 21. The fraction of sp³-hybridized carbons (Fsp3) is 0.875. The lowest BCUT2D eigenvalue weighted by Gasteiger charge is -2.21. The van der Waals surface area contributed by atoms with Crippen LogP contribution in [0.2, 0.25) is 0 Å². The lowest BCUT2D eigenvalue weighted by Crippen LogP contribution is -2.45. The fourth-order valence-corrected chi connectivity index (χ4v) is 2.13. The second-order valence-electron chi connectivity index (χ2n) is 5.95. The molecule has 0 aromatic heterocycles. The molecule has 2 amide bonds. The van der Waals surface area contributed by atoms with Crippen LogP contribution < -0.4 is 16.4 Å². The number of nitrogens with two attached hydrogens (primary N) is 1. The number of carbonyl (C=O) groups excluding carboxylic acids is 2. The monoisotopic (exact) mass is 444 g/mol. The van der Waals surface area contributed by atoms with Crippen LogP contribution in [0.15, 0.2) is 10.2 Å². The Morgan fingerprint density at radius 2 is 1.26 bits per heavy atom. The zero-order chi connectivity index (χ0) is 23.0. The Bertz CT molecular complexity index is 543. The van der Waals surface area contributed by atoms with E-state index < -0.39 is 0 Å². The van der Waals surface area contributed by atoms with Crippen molar-refractivity contribution in [2.75, 3.05) is 92.0 Å². The van der Waals surface area contributed by atoms with Crippen molar-refractivity contribution in [2.24, 2.45) is 16.0 Å². The normalized spacial score (nSPS) is 10.3. The summed E-state index contributed by atoms with van der Waals surface area (Å²) in [5, 5.41) is 11.9. The van der Waals surface area contributed by atoms with Crippen LogP contribution in [0.5, 0.6) is 0 Å². The summed E-state index contributed by atoms with van der Waals surface area (Å²) in [5.41, 5.74) is 21.8. The molecule has 0 aliphatic rings. The maximum absolute atomic E-state index is 12.0. The maximum atomic E-state index is 12.0. The summed E-state index contributed by atoms with van der Waals surface area (Å²) in [6, 6.07) is 0. The first-order chi connectivity index (χ1) is 15.1. The van der Waals surface area contributed by atoms with E-state index in [1.165, 1.54) is 0 Å². The second kappa shape index (κ2) is 22.1. The van der Waals surface area contributed by atoms with E-state index in [0.29, 0.717) is 52.7 Å². The maximum Gasteiger partial charge on any atom is 0.234 e. The van der Waals surface area contributed by atoms with Gasteiger partial charge in [-0.3, -0.25) is 14.5 Å². The van der Waals surface area contributed by atoms with Gasteiger partial charge in [0.1, 0.15) is 0 Å². The Morgan fingerprint density at radius 1 is 0.806 bits per heavy atom. The predicted molar refractivity (Wildman–Crippen MR) is 112 cm³/mol. The van der Waals surface area contributed by atoms with E-state index in [4.69, 9.17) is 31.0 Å². The van der Waals surface area contributed by atoms with Gasteiger partial charge in [-0.05, 0) is 11.1 Å². The third-order valence-corrected chi connectivity index (χ3v) is 3.49. The molecule has 0 unspecified atom stereocenters. The summed E-state index contributed by atoms with van der Waals surface area (Å²) in [5.74, 6) is -0.619. The highest BCUT2D eigenvalue weighted by molar-refractivity contribution is 5.81. The third-order valence-electron chi connectivity index (χ3n) is 3.49. The zero-order valence-corrected chi connectivity index (χ0v) is 17.6. The van der Waals surface area contributed by atoms with E-state index in [0.717, 1.165) is 0 Å². The van der Waals surface area contributed by atoms with Gasteiger partial charge in [-0.1, -0.05) is 10.2 Å². The van der Waals surface area contributed by atoms with Gasteiger partial charge in [0.15, 0.2) is 0 Å². The Kier molecular flexibility index (Phi) is 20.2. The summed E-state index contributed by atoms with van der Waals surface area (Å²) in [7, 11) is 0. The third kappa shape index (κ3) is 20.4. The van der Waals surface area contributed by atoms with Crippen molar-refractivity contribution in [3.8, 4) is 0 Å². The Balaban J connectivity index is 4.21. The minimum absolute atomic E-state index is 0.0294. The number of azide groups is 2. The average Bonchev–Trinajstić information content (AvgIpc) is 2.75. The topological polar surface area (TPSA) is 213 Å². The molecule has 0 atom stereocenters. The Labute approximate surface area is 180 Å². The van der Waals surface area contributed by atoms with Gasteiger partial charge in [0, 0.05) is 49.1 Å². The van der Waals surface area contributed by atoms with Gasteiger partial charge in [-0.25, -0.2) is 0 Å². The highest BCUT2D eigenvalue weighted by Crippen LogP contribution is 1.91. The molecule has 0 bridgehead atoms. The van der Waals surface area contributed by atoms with E-state index in [1.54, 1.807) is 4.90 Å². The van der Waals surface area contributed by atoms with Crippen LogP contribution in [0.3, 0.4) is 0 Å². The molecule has 15 heteroatoms. The van der Waals surface area contributed by atoms with Crippen molar-refractivity contribution < 1.29 is 23.8 Å². The van der Waals surface area contributed by atoms with Crippen molar-refractivity contribution in [1.82, 2.24) is 15.5 Å². The molecule has 0 aromatic carbocycles. The molecule has 15 nitrogen and oxygen atoms in total. The van der Waals surface area contributed by atoms with Gasteiger partial charge < -0.3 is 30.6 Å². The molecule has 0 spiro atoms. The summed E-state index contributed by atoms with van der Waals surface area (Å²) in [6.07, 6.45) is 0. The van der Waals surface area contributed by atoms with Crippen molar-refractivity contribution >= 4 is 11.8 Å². The minimum atomic E-state index is -0.309. The molecule has 0 saturated carbocycles. The van der Waals surface area contributed by atoms with E-state index in [1.807, 2.05) is 0 Å². The highest BCUT2D eigenvalue weighted by Gasteiger charge is 2.14. The van der Waals surface area contributed by atoms with Gasteiger partial charge in [0.05, 0.1) is 52.7 Å². The van der Waals surface area contributed by atoms with E-state index >= 15 is 0 Å². The molecule has 0 aromatic rings. The number of nitrogens with zero attached hydrogens (tertiary/aromatic N) is 7. The van der Waals surface area contributed by atoms with Crippen LogP contribution >= 0.6 is 0 Å². The molecule has 31 heavy (non-hydrogen) atoms. The van der Waals surface area contributed by atoms with Gasteiger partial charge in [-0.2, -0.15) is 0 Å². The number of nitrogens with one attached hydrogen (secondary N) is 2. The van der Waals surface area contributed by atoms with Crippen LogP contribution in [-0.4, -0.2) is 109 Å². The molecular weight excluding hydrogens is 412 g/mol. The van der Waals surface area contributed by atoms with Crippen LogP contribution in [0, 0.1) is 0 Å². The van der Waals surface area contributed by atoms with Gasteiger partial charge in [-0.15, -0.1) is 0 Å². The largest absolute Gasteiger partial charge is 0.378 e. The number of hydrogen-bond donors (Lipinski definition) is 3. The number of amides is 2. The number of ether oxygens (including phenoxy) is 3. The summed E-state index contributed by atoms with van der Waals surface area (Å²) < 4.78 is 16.0. The molecule has 0 saturated heterocycles. The second-order valence-corrected chi connectivity index (χ2v) is 5.95. The first kappa shape index (κ1) is 28.4. The van der Waals surface area contributed by atoms with Crippen molar-refractivity contribution in [3.05, 3.63) is 20.9 Å². The minimum Gasteiger partial charge on any atom is -0.378 e. The van der Waals surface area contributed by atoms with Crippen LogP contribution in [0.25, 0.3) is 20.9 Å². The summed E-state index contributed by atoms with van der Waals surface area (Å²) >= 11 is 0. The molecule has 0 fully saturated rings. The standard InChI is InChI=1S/C16H32N10O5/c17-1-7-29-9-11-31-12-10-30-8-6-26(13-15(27)20-2-4-22-24-18)14-16(28)21-3-5-23-25-19/h1-14,17H2,(H,20,27)(H,21,28). The summed E-state index contributed by atoms with van der Waals surface area (Å²) in [6.45, 7) is 3.91. The van der Waals surface area contributed by atoms with E-state index in [-0.39, 0.29) is 51.1 Å².